The molecule has 7 N–H and O–H groups in total. The summed E-state index contributed by atoms with van der Waals surface area (Å²) in [5.74, 6) is -1.44. The number of hydrogen-bond donors (Lipinski definition) is 6. The number of halogens is 5. The summed E-state index contributed by atoms with van der Waals surface area (Å²) in [6.07, 6.45) is -4.69. The molecule has 5 aromatic carbocycles. The van der Waals surface area contributed by atoms with Crippen molar-refractivity contribution in [2.75, 3.05) is 42.3 Å². The van der Waals surface area contributed by atoms with Crippen molar-refractivity contribution in [1.82, 2.24) is 14.7 Å². The van der Waals surface area contributed by atoms with Crippen LogP contribution in [0.25, 0.3) is 4.85 Å². The standard InChI is InChI=1S/C13H16F3NO2.C12H16BrNO2.C12H17NO2.C10H11NO.C9H12ClNO3S/c1-7(2)8-5-6-9(13(14,15)16)10(11(8)18)12(19)17(3)4;1-7(2)8-5-6-9(13)10(11(8)15)12(16)14(3)4;1-8(2)9-6-5-7-10(11(9)14)12(15)13(3)4;1-7(2)8-5-4-6-9(11-3)10(8)12;1-5(2)6-3-4-7(10)9(8(6)12)15(11,13)14/h5-7,18H,1-4H3;5-7,15H,1-4H3;5-8,14H,1-4H3;4-7,12H,1-2H3;3-5,12H,1-2H3,(H2,11,13,14). The van der Waals surface area contributed by atoms with E-state index in [0.717, 1.165) is 27.7 Å². The molecule has 0 unspecified atom stereocenters. The third-order valence-electron chi connectivity index (χ3n) is 11.3. The van der Waals surface area contributed by atoms with Gasteiger partial charge in [0.15, 0.2) is 0 Å². The highest BCUT2D eigenvalue weighted by atomic mass is 79.9. The van der Waals surface area contributed by atoms with E-state index in [2.05, 4.69) is 20.8 Å². The van der Waals surface area contributed by atoms with E-state index in [1.807, 2.05) is 73.6 Å². The Morgan fingerprint density at radius 1 is 0.558 bits per heavy atom. The fraction of sp³-hybridized carbons (Fsp3) is 0.393. The van der Waals surface area contributed by atoms with Crippen molar-refractivity contribution in [3.63, 3.8) is 0 Å². The van der Waals surface area contributed by atoms with Crippen molar-refractivity contribution in [3.05, 3.63) is 144 Å². The Bertz CT molecular complexity index is 3030. The number of phenols is 5. The van der Waals surface area contributed by atoms with Gasteiger partial charge < -0.3 is 40.2 Å². The number of nitrogens with zero attached hydrogens (tertiary/aromatic N) is 4. The summed E-state index contributed by atoms with van der Waals surface area (Å²) >= 11 is 8.96. The summed E-state index contributed by atoms with van der Waals surface area (Å²) < 4.78 is 61.7. The van der Waals surface area contributed by atoms with Crippen molar-refractivity contribution in [2.45, 2.75) is 110 Å². The highest BCUT2D eigenvalue weighted by Gasteiger charge is 2.38. The molecule has 0 aliphatic carbocycles. The monoisotopic (exact) mass is 1180 g/mol. The molecule has 15 nitrogen and oxygen atoms in total. The lowest BCUT2D eigenvalue weighted by Crippen LogP contribution is -2.25. The zero-order valence-electron chi connectivity index (χ0n) is 46.3. The fourth-order valence-corrected chi connectivity index (χ4v) is 8.76. The van der Waals surface area contributed by atoms with Gasteiger partial charge >= 0.3 is 6.18 Å². The second-order valence-electron chi connectivity index (χ2n) is 19.6. The fourth-order valence-electron chi connectivity index (χ4n) is 7.07. The number of amides is 3. The predicted molar refractivity (Wildman–Crippen MR) is 300 cm³/mol. The zero-order chi connectivity index (χ0) is 59.9. The second kappa shape index (κ2) is 29.3. The Balaban J connectivity index is 0.000000484. The number of carbonyl (C=O) groups is 3. The van der Waals surface area contributed by atoms with Gasteiger partial charge in [0, 0.05) is 46.8 Å². The molecule has 3 amide bonds. The van der Waals surface area contributed by atoms with Crippen LogP contribution in [0.1, 0.15) is 163 Å². The molecule has 77 heavy (non-hydrogen) atoms. The molecule has 0 radical (unpaired) electrons. The Hall–Kier alpha value is -6.53. The minimum absolute atomic E-state index is 0.0113. The summed E-state index contributed by atoms with van der Waals surface area (Å²) in [7, 11) is 5.34. The summed E-state index contributed by atoms with van der Waals surface area (Å²) in [5.41, 5.74) is 2.47. The number of nitrogens with two attached hydrogens (primary N) is 1. The van der Waals surface area contributed by atoms with Gasteiger partial charge in [-0.1, -0.05) is 129 Å². The largest absolute Gasteiger partial charge is 0.519 e. The molecule has 0 atom stereocenters. The van der Waals surface area contributed by atoms with Gasteiger partial charge in [-0.2, -0.15) is 13.2 Å². The van der Waals surface area contributed by atoms with Crippen LogP contribution in [0.5, 0.6) is 28.7 Å². The van der Waals surface area contributed by atoms with Crippen LogP contribution in [-0.2, 0) is 16.2 Å². The Kier molecular flexibility index (Phi) is 26.0. The van der Waals surface area contributed by atoms with Crippen LogP contribution < -0.4 is 5.14 Å². The van der Waals surface area contributed by atoms with E-state index >= 15 is 0 Å². The van der Waals surface area contributed by atoms with Crippen LogP contribution in [0.3, 0.4) is 0 Å². The minimum Gasteiger partial charge on any atom is -0.519 e. The van der Waals surface area contributed by atoms with E-state index in [1.54, 1.807) is 78.4 Å². The van der Waals surface area contributed by atoms with Gasteiger partial charge in [-0.05, 0) is 97.6 Å². The van der Waals surface area contributed by atoms with Crippen molar-refractivity contribution in [1.29, 1.82) is 0 Å². The first-order valence-electron chi connectivity index (χ1n) is 23.9. The van der Waals surface area contributed by atoms with E-state index in [0.29, 0.717) is 32.4 Å². The summed E-state index contributed by atoms with van der Waals surface area (Å²) in [6.45, 7) is 25.8. The molecule has 21 heteroatoms. The maximum atomic E-state index is 12.9. The quantitative estimate of drug-likeness (QED) is 0.0765. The molecule has 5 rings (SSSR count). The number of alkyl halides is 3. The number of para-hydroxylation sites is 2. The molecule has 0 heterocycles. The maximum absolute atomic E-state index is 12.9. The lowest BCUT2D eigenvalue weighted by Gasteiger charge is -2.20. The molecule has 0 fully saturated rings. The first-order chi connectivity index (χ1) is 35.3. The van der Waals surface area contributed by atoms with Gasteiger partial charge in [-0.3, -0.25) is 14.4 Å². The molecule has 0 spiro atoms. The molecular weight excluding hydrogens is 1110 g/mol. The van der Waals surface area contributed by atoms with Crippen molar-refractivity contribution >= 4 is 61.0 Å². The first kappa shape index (κ1) is 68.5. The van der Waals surface area contributed by atoms with Gasteiger partial charge in [0.05, 0.1) is 33.8 Å². The SMILES string of the molecule is CC(C)c1ccc(Br)c(C(=O)N(C)C)c1O.CC(C)c1ccc(C(F)(F)F)c(C(=O)N(C)C)c1O.CC(C)c1ccc(Cl)c(S(N)(=O)=O)c1O.CC(C)c1cccc(C(=O)N(C)C)c1O.[C-]#[N+]c1cccc(C(C)C)c1O. The van der Waals surface area contributed by atoms with E-state index in [9.17, 15) is 61.5 Å². The number of benzene rings is 5. The molecule has 5 aromatic rings. The summed E-state index contributed by atoms with van der Waals surface area (Å²) in [4.78, 5) is 42.2. The number of carbonyl (C=O) groups excluding carboxylic acids is 3. The van der Waals surface area contributed by atoms with Gasteiger partial charge in [0.2, 0.25) is 15.7 Å². The average molecular weight is 1180 g/mol. The predicted octanol–water partition coefficient (Wildman–Crippen LogP) is 13.3. The number of phenolic OH excluding ortho intramolecular Hbond substituents is 5. The van der Waals surface area contributed by atoms with Crippen LogP contribution in [0, 0.1) is 6.57 Å². The molecule has 0 aromatic heterocycles. The van der Waals surface area contributed by atoms with Crippen LogP contribution >= 0.6 is 27.5 Å². The minimum atomic E-state index is -4.69. The molecule has 0 saturated carbocycles. The molecule has 0 aliphatic heterocycles. The first-order valence-corrected chi connectivity index (χ1v) is 26.7. The zero-order valence-corrected chi connectivity index (χ0v) is 49.4. The van der Waals surface area contributed by atoms with E-state index in [1.165, 1.54) is 36.0 Å². The second-order valence-corrected chi connectivity index (χ2v) is 22.3. The Labute approximate surface area is 464 Å². The summed E-state index contributed by atoms with van der Waals surface area (Å²) in [5, 5.41) is 54.2. The molecule has 0 saturated heterocycles. The molecule has 422 valence electrons. The Morgan fingerprint density at radius 3 is 1.32 bits per heavy atom. The summed E-state index contributed by atoms with van der Waals surface area (Å²) in [6, 6.07) is 19.2. The number of primary sulfonamides is 1. The number of rotatable bonds is 9. The Morgan fingerprint density at radius 2 is 0.922 bits per heavy atom. The van der Waals surface area contributed by atoms with Crippen LogP contribution in [-0.4, -0.2) is 109 Å². The van der Waals surface area contributed by atoms with E-state index in [4.69, 9.17) is 23.3 Å². The van der Waals surface area contributed by atoms with E-state index in [-0.39, 0.29) is 69.4 Å². The number of hydrogen-bond acceptors (Lipinski definition) is 10. The van der Waals surface area contributed by atoms with Crippen molar-refractivity contribution in [3.8, 4) is 28.7 Å². The highest BCUT2D eigenvalue weighted by molar-refractivity contribution is 9.10. The van der Waals surface area contributed by atoms with Gasteiger partial charge in [0.25, 0.3) is 17.7 Å². The molecular formula is C56H72BrClF3N5O10S. The van der Waals surface area contributed by atoms with Gasteiger partial charge in [0.1, 0.15) is 33.6 Å². The van der Waals surface area contributed by atoms with Gasteiger partial charge in [-0.15, -0.1) is 0 Å². The highest BCUT2D eigenvalue weighted by Crippen LogP contribution is 2.41. The topological polar surface area (TPSA) is 227 Å². The van der Waals surface area contributed by atoms with Gasteiger partial charge in [-0.25, -0.2) is 18.4 Å². The average Bonchev–Trinajstić information content (AvgIpc) is 3.30. The van der Waals surface area contributed by atoms with Crippen molar-refractivity contribution in [2.24, 2.45) is 5.14 Å². The van der Waals surface area contributed by atoms with E-state index < -0.39 is 43.9 Å². The smallest absolute Gasteiger partial charge is 0.417 e. The van der Waals surface area contributed by atoms with Crippen LogP contribution in [0.15, 0.2) is 82.2 Å². The van der Waals surface area contributed by atoms with Crippen LogP contribution in [0.2, 0.25) is 5.02 Å². The van der Waals surface area contributed by atoms with Crippen molar-refractivity contribution < 1.29 is 61.5 Å². The third kappa shape index (κ3) is 18.6. The number of aromatic hydroxyl groups is 5. The third-order valence-corrected chi connectivity index (χ3v) is 13.4. The molecule has 0 aliphatic rings. The normalized spacial score (nSPS) is 11.0. The lowest BCUT2D eigenvalue weighted by molar-refractivity contribution is -0.138. The molecule has 0 bridgehead atoms. The number of sulfonamides is 1. The lowest BCUT2D eigenvalue weighted by atomic mass is 9.94. The van der Waals surface area contributed by atoms with Crippen LogP contribution in [0.4, 0.5) is 18.9 Å². The maximum Gasteiger partial charge on any atom is 0.417 e.